The number of aliphatic hydroxyl groups excluding tert-OH is 1. The molecule has 3 aromatic rings. The van der Waals surface area contributed by atoms with Crippen LogP contribution in [0.25, 0.3) is 0 Å². The number of pyridine rings is 1. The molecule has 6 nitrogen and oxygen atoms in total. The highest BCUT2D eigenvalue weighted by Crippen LogP contribution is 2.52. The first-order valence-electron chi connectivity index (χ1n) is 12.0. The van der Waals surface area contributed by atoms with Gasteiger partial charge in [0.05, 0.1) is 47.2 Å². The third-order valence-corrected chi connectivity index (χ3v) is 7.69. The van der Waals surface area contributed by atoms with E-state index in [0.717, 1.165) is 12.8 Å². The molecule has 1 aromatic heterocycles. The SMILES string of the molecule is CC(C)(O)c1cc(F)c2c(c1)C(=O)N(Cc1ccc(Cl)cn1)[C@@]2(OCC1(CO)CC1)c1ccc(Cl)cc1. The Morgan fingerprint density at radius 3 is 2.35 bits per heavy atom. The van der Waals surface area contributed by atoms with Gasteiger partial charge in [-0.3, -0.25) is 14.7 Å². The van der Waals surface area contributed by atoms with Crippen LogP contribution < -0.4 is 0 Å². The highest BCUT2D eigenvalue weighted by atomic mass is 35.5. The van der Waals surface area contributed by atoms with Crippen molar-refractivity contribution in [2.24, 2.45) is 5.41 Å². The molecule has 37 heavy (non-hydrogen) atoms. The quantitative estimate of drug-likeness (QED) is 0.396. The number of ether oxygens (including phenoxy) is 1. The molecule has 0 radical (unpaired) electrons. The first-order valence-corrected chi connectivity index (χ1v) is 12.7. The van der Waals surface area contributed by atoms with E-state index in [-0.39, 0.29) is 36.4 Å². The molecule has 1 aliphatic heterocycles. The lowest BCUT2D eigenvalue weighted by Crippen LogP contribution is -2.48. The predicted octanol–water partition coefficient (Wildman–Crippen LogP) is 5.40. The Balaban J connectivity index is 1.74. The van der Waals surface area contributed by atoms with E-state index in [1.54, 1.807) is 36.4 Å². The second-order valence-corrected chi connectivity index (χ2v) is 11.3. The number of carbonyl (C=O) groups is 1. The van der Waals surface area contributed by atoms with Crippen LogP contribution in [0.4, 0.5) is 4.39 Å². The van der Waals surface area contributed by atoms with Gasteiger partial charge in [0, 0.05) is 22.2 Å². The van der Waals surface area contributed by atoms with Gasteiger partial charge < -0.3 is 14.9 Å². The van der Waals surface area contributed by atoms with Gasteiger partial charge in [0.2, 0.25) is 0 Å². The lowest BCUT2D eigenvalue weighted by atomic mass is 9.88. The number of aromatic nitrogens is 1. The van der Waals surface area contributed by atoms with Gasteiger partial charge in [-0.2, -0.15) is 0 Å². The normalized spacial score (nSPS) is 20.3. The van der Waals surface area contributed by atoms with Crippen LogP contribution in [0.15, 0.2) is 54.7 Å². The number of fused-ring (bicyclic) bond motifs is 1. The Morgan fingerprint density at radius 2 is 1.78 bits per heavy atom. The van der Waals surface area contributed by atoms with Crippen LogP contribution in [0.2, 0.25) is 10.0 Å². The molecule has 0 bridgehead atoms. The van der Waals surface area contributed by atoms with Crippen molar-refractivity contribution in [1.82, 2.24) is 9.88 Å². The molecule has 5 rings (SSSR count). The number of hydrogen-bond donors (Lipinski definition) is 2. The zero-order valence-electron chi connectivity index (χ0n) is 20.5. The van der Waals surface area contributed by atoms with Crippen molar-refractivity contribution in [3.63, 3.8) is 0 Å². The summed E-state index contributed by atoms with van der Waals surface area (Å²) in [4.78, 5) is 19.8. The van der Waals surface area contributed by atoms with Crippen molar-refractivity contribution < 1.29 is 24.1 Å². The summed E-state index contributed by atoms with van der Waals surface area (Å²) in [6, 6.07) is 12.8. The molecule has 0 unspecified atom stereocenters. The molecule has 1 fully saturated rings. The molecule has 1 atom stereocenters. The molecular weight excluding hydrogens is 518 g/mol. The third kappa shape index (κ3) is 4.64. The Bertz CT molecular complexity index is 1340. The largest absolute Gasteiger partial charge is 0.396 e. The molecule has 1 aliphatic carbocycles. The monoisotopic (exact) mass is 544 g/mol. The summed E-state index contributed by atoms with van der Waals surface area (Å²) < 4.78 is 22.7. The zero-order valence-corrected chi connectivity index (χ0v) is 22.0. The maximum Gasteiger partial charge on any atom is 0.257 e. The van der Waals surface area contributed by atoms with E-state index < -0.39 is 28.5 Å². The summed E-state index contributed by atoms with van der Waals surface area (Å²) in [5.41, 5.74) is -2.04. The predicted molar refractivity (Wildman–Crippen MR) is 138 cm³/mol. The lowest BCUT2D eigenvalue weighted by molar-refractivity contribution is -0.130. The van der Waals surface area contributed by atoms with E-state index in [0.29, 0.717) is 21.3 Å². The van der Waals surface area contributed by atoms with E-state index in [1.165, 1.54) is 37.1 Å². The fourth-order valence-electron chi connectivity index (χ4n) is 4.73. The minimum Gasteiger partial charge on any atom is -0.396 e. The van der Waals surface area contributed by atoms with Gasteiger partial charge in [-0.05, 0) is 68.7 Å². The number of carbonyl (C=O) groups excluding carboxylic acids is 1. The fraction of sp³-hybridized carbons (Fsp3) is 0.357. The summed E-state index contributed by atoms with van der Waals surface area (Å²) in [7, 11) is 0. The van der Waals surface area contributed by atoms with Crippen molar-refractivity contribution >= 4 is 29.1 Å². The summed E-state index contributed by atoms with van der Waals surface area (Å²) in [6.45, 7) is 3.09. The van der Waals surface area contributed by atoms with Crippen LogP contribution in [0.3, 0.4) is 0 Å². The number of halogens is 3. The van der Waals surface area contributed by atoms with Crippen LogP contribution in [-0.2, 0) is 22.6 Å². The van der Waals surface area contributed by atoms with Crippen LogP contribution in [-0.4, -0.2) is 39.2 Å². The van der Waals surface area contributed by atoms with Gasteiger partial charge in [0.1, 0.15) is 5.82 Å². The number of rotatable bonds is 8. The van der Waals surface area contributed by atoms with Crippen molar-refractivity contribution in [1.29, 1.82) is 0 Å². The van der Waals surface area contributed by atoms with Gasteiger partial charge in [-0.25, -0.2) is 4.39 Å². The first kappa shape index (κ1) is 26.1. The molecule has 0 saturated heterocycles. The lowest BCUT2D eigenvalue weighted by Gasteiger charge is -2.40. The Labute approximate surface area is 224 Å². The Kier molecular flexibility index (Phi) is 6.57. The maximum absolute atomic E-state index is 16.1. The van der Waals surface area contributed by atoms with E-state index in [9.17, 15) is 15.0 Å². The van der Waals surface area contributed by atoms with Crippen LogP contribution in [0.1, 0.15) is 59.4 Å². The molecule has 2 aromatic carbocycles. The molecule has 194 valence electrons. The Morgan fingerprint density at radius 1 is 1.11 bits per heavy atom. The van der Waals surface area contributed by atoms with E-state index in [1.807, 2.05) is 0 Å². The summed E-state index contributed by atoms with van der Waals surface area (Å²) in [6.07, 6.45) is 3.01. The van der Waals surface area contributed by atoms with Gasteiger partial charge in [-0.1, -0.05) is 35.3 Å². The molecule has 2 N–H and O–H groups in total. The highest BCUT2D eigenvalue weighted by molar-refractivity contribution is 6.30. The minimum absolute atomic E-state index is 0.00325. The zero-order chi connectivity index (χ0) is 26.6. The highest BCUT2D eigenvalue weighted by Gasteiger charge is 2.56. The number of benzene rings is 2. The molecule has 1 saturated carbocycles. The summed E-state index contributed by atoms with van der Waals surface area (Å²) in [5.74, 6) is -1.15. The van der Waals surface area contributed by atoms with Gasteiger partial charge in [0.25, 0.3) is 5.91 Å². The average Bonchev–Trinajstić information content (AvgIpc) is 3.60. The Hall–Kier alpha value is -2.55. The topological polar surface area (TPSA) is 82.9 Å². The van der Waals surface area contributed by atoms with E-state index in [2.05, 4.69) is 4.98 Å². The molecule has 1 amide bonds. The second kappa shape index (κ2) is 9.33. The number of hydrogen-bond acceptors (Lipinski definition) is 5. The first-order chi connectivity index (χ1) is 17.5. The third-order valence-electron chi connectivity index (χ3n) is 7.22. The fourth-order valence-corrected chi connectivity index (χ4v) is 4.97. The summed E-state index contributed by atoms with van der Waals surface area (Å²) in [5, 5.41) is 21.5. The van der Waals surface area contributed by atoms with Gasteiger partial charge in [0.15, 0.2) is 5.72 Å². The van der Waals surface area contributed by atoms with E-state index in [4.69, 9.17) is 27.9 Å². The van der Waals surface area contributed by atoms with Crippen molar-refractivity contribution in [3.05, 3.63) is 98.5 Å². The van der Waals surface area contributed by atoms with Crippen LogP contribution in [0, 0.1) is 11.2 Å². The average molecular weight is 545 g/mol. The van der Waals surface area contributed by atoms with E-state index >= 15 is 4.39 Å². The molecule has 2 heterocycles. The second-order valence-electron chi connectivity index (χ2n) is 10.4. The molecule has 0 spiro atoms. The standard InChI is InChI=1S/C28H27Cl2FN2O4/c1-26(2,36)18-11-22-24(23(31)12-18)28(17-3-5-19(29)6-4-17,37-16-27(15-34)9-10-27)33(25(22)35)14-21-8-7-20(30)13-32-21/h3-8,11-13,34,36H,9-10,14-16H2,1-2H3/t28-/m1/s1. The molecule has 9 heteroatoms. The van der Waals surface area contributed by atoms with Crippen LogP contribution >= 0.6 is 23.2 Å². The summed E-state index contributed by atoms with van der Waals surface area (Å²) >= 11 is 12.2. The number of nitrogens with zero attached hydrogens (tertiary/aromatic N) is 2. The molecular formula is C28H27Cl2FN2O4. The molecule has 2 aliphatic rings. The minimum atomic E-state index is -1.66. The van der Waals surface area contributed by atoms with Crippen molar-refractivity contribution in [3.8, 4) is 0 Å². The maximum atomic E-state index is 16.1. The van der Waals surface area contributed by atoms with Gasteiger partial charge in [-0.15, -0.1) is 0 Å². The number of amides is 1. The van der Waals surface area contributed by atoms with Crippen LogP contribution in [0.5, 0.6) is 0 Å². The van der Waals surface area contributed by atoms with Gasteiger partial charge >= 0.3 is 0 Å². The van der Waals surface area contributed by atoms with Crippen molar-refractivity contribution in [2.75, 3.05) is 13.2 Å². The van der Waals surface area contributed by atoms with Crippen molar-refractivity contribution in [2.45, 2.75) is 44.6 Å². The number of aliphatic hydroxyl groups is 2. The smallest absolute Gasteiger partial charge is 0.257 e.